The van der Waals surface area contributed by atoms with E-state index in [1.54, 1.807) is 0 Å². The van der Waals surface area contributed by atoms with E-state index in [9.17, 15) is 14.3 Å². The number of hydrogen-bond acceptors (Lipinski definition) is 8. The molecular weight excluding hydrogens is 544 g/mol. The number of thiazole rings is 1. The van der Waals surface area contributed by atoms with Gasteiger partial charge in [0, 0.05) is 42.1 Å². The lowest BCUT2D eigenvalue weighted by Gasteiger charge is -2.08. The maximum atomic E-state index is 13.6. The van der Waals surface area contributed by atoms with Crippen LogP contribution in [0.3, 0.4) is 0 Å². The van der Waals surface area contributed by atoms with Crippen LogP contribution in [0.1, 0.15) is 59.7 Å². The minimum atomic E-state index is -1.20. The van der Waals surface area contributed by atoms with Crippen molar-refractivity contribution in [3.8, 4) is 16.5 Å². The third-order valence-electron chi connectivity index (χ3n) is 5.93. The number of carboxylic acids is 1. The van der Waals surface area contributed by atoms with Gasteiger partial charge < -0.3 is 19.1 Å². The predicted octanol–water partition coefficient (Wildman–Crippen LogP) is 7.13. The van der Waals surface area contributed by atoms with Crippen LogP contribution in [0.25, 0.3) is 21.5 Å². The molecule has 3 heterocycles. The van der Waals surface area contributed by atoms with E-state index in [1.807, 2.05) is 0 Å². The molecule has 0 aliphatic heterocycles. The third-order valence-corrected chi connectivity index (χ3v) is 7.52. The van der Waals surface area contributed by atoms with Gasteiger partial charge in [-0.2, -0.15) is 0 Å². The van der Waals surface area contributed by atoms with Crippen molar-refractivity contribution in [2.75, 3.05) is 13.2 Å². The number of pyridine rings is 1. The number of carbonyl (C=O) groups is 1. The largest absolute Gasteiger partial charge is 0.478 e. The summed E-state index contributed by atoms with van der Waals surface area (Å²) in [7, 11) is 0. The van der Waals surface area contributed by atoms with Gasteiger partial charge in [0.1, 0.15) is 17.3 Å². The molecule has 0 spiro atoms. The van der Waals surface area contributed by atoms with Crippen molar-refractivity contribution in [3.63, 3.8) is 0 Å². The Kier molecular flexibility index (Phi) is 7.89. The van der Waals surface area contributed by atoms with Gasteiger partial charge in [-0.25, -0.2) is 14.2 Å². The summed E-state index contributed by atoms with van der Waals surface area (Å²) in [6.07, 6.45) is 7.59. The van der Waals surface area contributed by atoms with E-state index in [1.165, 1.54) is 18.5 Å². The number of halogens is 3. The van der Waals surface area contributed by atoms with E-state index in [2.05, 4.69) is 15.1 Å². The molecular formula is C25H22Cl2FN3O5S. The second kappa shape index (κ2) is 11.3. The van der Waals surface area contributed by atoms with Gasteiger partial charge in [0.25, 0.3) is 5.19 Å². The number of carboxylic acid groups (broad SMARTS) is 1. The minimum Gasteiger partial charge on any atom is -0.478 e. The van der Waals surface area contributed by atoms with Crippen LogP contribution in [-0.2, 0) is 11.3 Å². The van der Waals surface area contributed by atoms with Crippen LogP contribution >= 0.6 is 34.5 Å². The highest BCUT2D eigenvalue weighted by Crippen LogP contribution is 2.46. The molecule has 0 radical (unpaired) electrons. The molecule has 0 bridgehead atoms. The number of nitrogens with zero attached hydrogens (tertiary/aromatic N) is 3. The summed E-state index contributed by atoms with van der Waals surface area (Å²) in [5, 5.41) is 14.6. The molecule has 8 nitrogen and oxygen atoms in total. The van der Waals surface area contributed by atoms with E-state index in [-0.39, 0.29) is 11.1 Å². The summed E-state index contributed by atoms with van der Waals surface area (Å²) in [4.78, 5) is 19.5. The zero-order valence-corrected chi connectivity index (χ0v) is 21.8. The lowest BCUT2D eigenvalue weighted by atomic mass is 10.1. The molecule has 0 atom stereocenters. The van der Waals surface area contributed by atoms with Gasteiger partial charge in [-0.3, -0.25) is 4.98 Å². The van der Waals surface area contributed by atoms with Crippen LogP contribution in [0.15, 0.2) is 29.0 Å². The fourth-order valence-electron chi connectivity index (χ4n) is 3.98. The highest BCUT2D eigenvalue weighted by Gasteiger charge is 2.33. The van der Waals surface area contributed by atoms with Gasteiger partial charge >= 0.3 is 5.97 Å². The Hall–Kier alpha value is -2.79. The topological polar surface area (TPSA) is 108 Å². The molecule has 1 aliphatic carbocycles. The molecule has 5 rings (SSSR count). The first-order valence-electron chi connectivity index (χ1n) is 11.7. The average molecular weight is 566 g/mol. The number of benzene rings is 1. The van der Waals surface area contributed by atoms with Crippen molar-refractivity contribution in [2.24, 2.45) is 0 Å². The van der Waals surface area contributed by atoms with Crippen LogP contribution in [0.5, 0.6) is 5.19 Å². The van der Waals surface area contributed by atoms with E-state index < -0.39 is 11.8 Å². The van der Waals surface area contributed by atoms with Crippen molar-refractivity contribution >= 4 is 50.7 Å². The highest BCUT2D eigenvalue weighted by atomic mass is 35.5. The molecule has 4 aromatic rings. The van der Waals surface area contributed by atoms with E-state index in [0.29, 0.717) is 56.9 Å². The van der Waals surface area contributed by atoms with Crippen molar-refractivity contribution in [1.29, 1.82) is 0 Å². The van der Waals surface area contributed by atoms with E-state index in [4.69, 9.17) is 37.2 Å². The maximum Gasteiger partial charge on any atom is 0.337 e. The van der Waals surface area contributed by atoms with Gasteiger partial charge in [-0.15, -0.1) is 0 Å². The molecule has 1 N–H and O–H groups in total. The fourth-order valence-corrected chi connectivity index (χ4v) is 5.45. The molecule has 194 valence electrons. The summed E-state index contributed by atoms with van der Waals surface area (Å²) in [5.41, 5.74) is 2.22. The molecule has 1 aromatic carbocycles. The molecule has 0 saturated heterocycles. The van der Waals surface area contributed by atoms with Crippen molar-refractivity contribution in [3.05, 3.63) is 57.3 Å². The number of aromatic nitrogens is 3. The summed E-state index contributed by atoms with van der Waals surface area (Å²) in [6, 6.07) is 2.19. The number of unbranched alkanes of at least 4 members (excludes halogenated alkanes) is 2. The minimum absolute atomic E-state index is 0.117. The molecule has 37 heavy (non-hydrogen) atoms. The summed E-state index contributed by atoms with van der Waals surface area (Å²) >= 11 is 13.8. The Morgan fingerprint density at radius 1 is 1.16 bits per heavy atom. The van der Waals surface area contributed by atoms with E-state index >= 15 is 0 Å². The number of ether oxygens (including phenoxy) is 2. The number of fused-ring (bicyclic) bond motifs is 1. The Labute approximate surface area is 225 Å². The van der Waals surface area contributed by atoms with Crippen molar-refractivity contribution in [1.82, 2.24) is 15.1 Å². The molecule has 1 aliphatic rings. The summed E-state index contributed by atoms with van der Waals surface area (Å²) < 4.78 is 31.3. The first-order valence-corrected chi connectivity index (χ1v) is 13.3. The predicted molar refractivity (Wildman–Crippen MR) is 137 cm³/mol. The second-order valence-electron chi connectivity index (χ2n) is 8.67. The highest BCUT2D eigenvalue weighted by molar-refractivity contribution is 7.20. The van der Waals surface area contributed by atoms with E-state index in [0.717, 1.165) is 60.8 Å². The lowest BCUT2D eigenvalue weighted by Crippen LogP contribution is -2.01. The first-order chi connectivity index (χ1) is 17.9. The molecule has 1 saturated carbocycles. The normalized spacial score (nSPS) is 13.4. The zero-order chi connectivity index (χ0) is 25.9. The van der Waals surface area contributed by atoms with Crippen LogP contribution < -0.4 is 4.74 Å². The zero-order valence-electron chi connectivity index (χ0n) is 19.5. The number of aromatic carboxylic acids is 1. The Morgan fingerprint density at radius 3 is 2.65 bits per heavy atom. The summed E-state index contributed by atoms with van der Waals surface area (Å²) in [5.74, 6) is -0.665. The van der Waals surface area contributed by atoms with Crippen LogP contribution in [0.2, 0.25) is 10.0 Å². The number of hydrogen-bond donors (Lipinski definition) is 1. The van der Waals surface area contributed by atoms with Gasteiger partial charge in [-0.05, 0) is 38.2 Å². The lowest BCUT2D eigenvalue weighted by molar-refractivity contribution is 0.0698. The maximum absolute atomic E-state index is 13.6. The molecule has 0 amide bonds. The number of rotatable bonds is 12. The fraction of sp³-hybridized carbons (Fsp3) is 0.360. The smallest absolute Gasteiger partial charge is 0.337 e. The average Bonchev–Trinajstić information content (AvgIpc) is 3.49. The van der Waals surface area contributed by atoms with Crippen LogP contribution in [0, 0.1) is 5.82 Å². The first kappa shape index (κ1) is 25.8. The standard InChI is InChI=1S/C25H22Cl2FN3O5S/c26-17-10-29-11-18(27)20(17)21-16(22(36-31-21)13-4-5-13)12-34-6-2-1-3-7-35-25-30-19-9-14(28)8-15(24(32)33)23(19)37-25/h8-11,13H,1-7,12H2,(H,32,33). The van der Waals surface area contributed by atoms with Crippen LogP contribution in [-0.4, -0.2) is 39.4 Å². The third kappa shape index (κ3) is 5.87. The molecule has 0 unspecified atom stereocenters. The molecule has 1 fully saturated rings. The molecule has 12 heteroatoms. The Morgan fingerprint density at radius 2 is 1.92 bits per heavy atom. The second-order valence-corrected chi connectivity index (χ2v) is 10.5. The van der Waals surface area contributed by atoms with Crippen LogP contribution in [0.4, 0.5) is 4.39 Å². The SMILES string of the molecule is O=C(O)c1cc(F)cc2nc(OCCCCCOCc3c(-c4c(Cl)cncc4Cl)noc3C3CC3)sc12. The van der Waals surface area contributed by atoms with Gasteiger partial charge in [0.05, 0.1) is 39.0 Å². The van der Waals surface area contributed by atoms with Gasteiger partial charge in [0.2, 0.25) is 0 Å². The van der Waals surface area contributed by atoms with Crippen molar-refractivity contribution < 1.29 is 28.3 Å². The van der Waals surface area contributed by atoms with Gasteiger partial charge in [0.15, 0.2) is 0 Å². The molecule has 3 aromatic heterocycles. The quantitative estimate of drug-likeness (QED) is 0.181. The Balaban J connectivity index is 1.10. The van der Waals surface area contributed by atoms with Gasteiger partial charge in [-0.1, -0.05) is 39.7 Å². The monoisotopic (exact) mass is 565 g/mol. The summed E-state index contributed by atoms with van der Waals surface area (Å²) in [6.45, 7) is 1.28. The Bertz CT molecular complexity index is 1420. The van der Waals surface area contributed by atoms with Crippen molar-refractivity contribution in [2.45, 2.75) is 44.6 Å².